The molecule has 8 nitrogen and oxygen atoms in total. The second kappa shape index (κ2) is 9.40. The molecule has 0 bridgehead atoms. The standard InChI is InChI=1S/C22H21N3O5S/c1-2-17-12-14-18(15-13-17)23-22(26)16-24(19-8-4-3-5-9-19)31(29,30)21-11-7-6-10-20(21)25(27)28/h3-15H,2,16H2,1H3,(H,23,26). The van der Waals surface area contributed by atoms with E-state index in [1.807, 2.05) is 19.1 Å². The van der Waals surface area contributed by atoms with Crippen LogP contribution in [0.2, 0.25) is 0 Å². The van der Waals surface area contributed by atoms with Gasteiger partial charge in [0, 0.05) is 11.8 Å². The number of carbonyl (C=O) groups is 1. The van der Waals surface area contributed by atoms with E-state index in [4.69, 9.17) is 0 Å². The molecule has 160 valence electrons. The van der Waals surface area contributed by atoms with Gasteiger partial charge in [0.05, 0.1) is 10.6 Å². The molecule has 3 aromatic carbocycles. The summed E-state index contributed by atoms with van der Waals surface area (Å²) in [4.78, 5) is 22.8. The fourth-order valence-corrected chi connectivity index (χ4v) is 4.59. The maximum Gasteiger partial charge on any atom is 0.289 e. The molecule has 1 amide bonds. The Morgan fingerprint density at radius 1 is 0.968 bits per heavy atom. The summed E-state index contributed by atoms with van der Waals surface area (Å²) in [6.07, 6.45) is 0.851. The van der Waals surface area contributed by atoms with E-state index in [1.165, 1.54) is 24.3 Å². The lowest BCUT2D eigenvalue weighted by molar-refractivity contribution is -0.387. The van der Waals surface area contributed by atoms with Gasteiger partial charge in [-0.3, -0.25) is 19.2 Å². The number of benzene rings is 3. The van der Waals surface area contributed by atoms with E-state index < -0.39 is 38.0 Å². The second-order valence-electron chi connectivity index (χ2n) is 6.67. The number of hydrogen-bond donors (Lipinski definition) is 1. The largest absolute Gasteiger partial charge is 0.325 e. The Hall–Kier alpha value is -3.72. The van der Waals surface area contributed by atoms with Crippen LogP contribution in [-0.4, -0.2) is 25.8 Å². The van der Waals surface area contributed by atoms with Crippen LogP contribution in [0.3, 0.4) is 0 Å². The molecule has 0 saturated heterocycles. The van der Waals surface area contributed by atoms with E-state index in [1.54, 1.807) is 30.3 Å². The van der Waals surface area contributed by atoms with Crippen LogP contribution < -0.4 is 9.62 Å². The van der Waals surface area contributed by atoms with Gasteiger partial charge in [0.2, 0.25) is 5.91 Å². The molecule has 0 spiro atoms. The molecule has 0 unspecified atom stereocenters. The van der Waals surface area contributed by atoms with Crippen molar-refractivity contribution >= 4 is 33.0 Å². The zero-order valence-corrected chi connectivity index (χ0v) is 17.6. The lowest BCUT2D eigenvalue weighted by atomic mass is 10.1. The molecule has 1 N–H and O–H groups in total. The smallest absolute Gasteiger partial charge is 0.289 e. The maximum absolute atomic E-state index is 13.4. The van der Waals surface area contributed by atoms with Crippen molar-refractivity contribution in [3.8, 4) is 0 Å². The lowest BCUT2D eigenvalue weighted by Gasteiger charge is -2.24. The number of amides is 1. The third kappa shape index (κ3) is 5.07. The molecule has 0 saturated carbocycles. The summed E-state index contributed by atoms with van der Waals surface area (Å²) in [5, 5.41) is 14.1. The molecule has 0 aliphatic heterocycles. The molecule has 0 fully saturated rings. The highest BCUT2D eigenvalue weighted by Gasteiger charge is 2.33. The normalized spacial score (nSPS) is 11.0. The number of nitro benzene ring substituents is 1. The van der Waals surface area contributed by atoms with Gasteiger partial charge in [-0.1, -0.05) is 49.4 Å². The van der Waals surface area contributed by atoms with Crippen LogP contribution in [0.1, 0.15) is 12.5 Å². The van der Waals surface area contributed by atoms with Gasteiger partial charge in [-0.15, -0.1) is 0 Å². The number of nitrogens with one attached hydrogen (secondary N) is 1. The average Bonchev–Trinajstić information content (AvgIpc) is 2.78. The van der Waals surface area contributed by atoms with Gasteiger partial charge in [0.25, 0.3) is 15.7 Å². The molecule has 0 aromatic heterocycles. The van der Waals surface area contributed by atoms with Crippen molar-refractivity contribution in [2.24, 2.45) is 0 Å². The molecule has 9 heteroatoms. The van der Waals surface area contributed by atoms with Gasteiger partial charge in [-0.25, -0.2) is 8.42 Å². The quantitative estimate of drug-likeness (QED) is 0.422. The minimum absolute atomic E-state index is 0.220. The Kier molecular flexibility index (Phi) is 6.66. The summed E-state index contributed by atoms with van der Waals surface area (Å²) in [6, 6.07) is 20.3. The minimum atomic E-state index is -4.40. The highest BCUT2D eigenvalue weighted by molar-refractivity contribution is 7.93. The second-order valence-corrected chi connectivity index (χ2v) is 8.50. The van der Waals surface area contributed by atoms with Gasteiger partial charge in [0.1, 0.15) is 6.54 Å². The predicted molar refractivity (Wildman–Crippen MR) is 119 cm³/mol. The SMILES string of the molecule is CCc1ccc(NC(=O)CN(c2ccccc2)S(=O)(=O)c2ccccc2[N+](=O)[O-])cc1. The fraction of sp³-hybridized carbons (Fsp3) is 0.136. The van der Waals surface area contributed by atoms with E-state index in [2.05, 4.69) is 5.32 Å². The fourth-order valence-electron chi connectivity index (χ4n) is 3.01. The van der Waals surface area contributed by atoms with E-state index in [9.17, 15) is 23.3 Å². The number of nitro groups is 1. The molecule has 3 rings (SSSR count). The minimum Gasteiger partial charge on any atom is -0.325 e. The Morgan fingerprint density at radius 2 is 1.58 bits per heavy atom. The third-order valence-corrected chi connectivity index (χ3v) is 6.43. The number of carbonyl (C=O) groups excluding carboxylic acids is 1. The van der Waals surface area contributed by atoms with Crippen LogP contribution in [0.15, 0.2) is 83.8 Å². The number of nitrogens with zero attached hydrogens (tertiary/aromatic N) is 2. The van der Waals surface area contributed by atoms with Gasteiger partial charge in [0.15, 0.2) is 4.90 Å². The number of anilines is 2. The van der Waals surface area contributed by atoms with Crippen molar-refractivity contribution in [3.05, 3.63) is 94.5 Å². The predicted octanol–water partition coefficient (Wildman–Crippen LogP) is 3.99. The Bertz CT molecular complexity index is 1180. The first-order chi connectivity index (χ1) is 14.8. The lowest BCUT2D eigenvalue weighted by Crippen LogP contribution is -2.38. The van der Waals surface area contributed by atoms with Gasteiger partial charge in [-0.2, -0.15) is 0 Å². The molecule has 0 radical (unpaired) electrons. The van der Waals surface area contributed by atoms with E-state index >= 15 is 0 Å². The van der Waals surface area contributed by atoms with Crippen LogP contribution in [0.5, 0.6) is 0 Å². The number of aryl methyl sites for hydroxylation is 1. The molecule has 0 heterocycles. The van der Waals surface area contributed by atoms with Crippen LogP contribution in [0, 0.1) is 10.1 Å². The summed E-state index contributed by atoms with van der Waals surface area (Å²) in [5.74, 6) is -0.574. The summed E-state index contributed by atoms with van der Waals surface area (Å²) < 4.78 is 27.6. The van der Waals surface area contributed by atoms with Gasteiger partial charge >= 0.3 is 0 Å². The molecule has 31 heavy (non-hydrogen) atoms. The highest BCUT2D eigenvalue weighted by atomic mass is 32.2. The summed E-state index contributed by atoms with van der Waals surface area (Å²) in [7, 11) is -4.40. The Morgan fingerprint density at radius 3 is 2.19 bits per heavy atom. The topological polar surface area (TPSA) is 110 Å². The van der Waals surface area contributed by atoms with Crippen LogP contribution in [0.4, 0.5) is 17.1 Å². The summed E-state index contributed by atoms with van der Waals surface area (Å²) in [6.45, 7) is 1.47. The molecule has 3 aromatic rings. The highest BCUT2D eigenvalue weighted by Crippen LogP contribution is 2.29. The summed E-state index contributed by atoms with van der Waals surface area (Å²) in [5.41, 5.74) is 1.29. The van der Waals surface area contributed by atoms with Crippen LogP contribution in [-0.2, 0) is 21.2 Å². The molecule has 0 aliphatic carbocycles. The number of para-hydroxylation sites is 2. The van der Waals surface area contributed by atoms with Crippen molar-refractivity contribution in [1.29, 1.82) is 0 Å². The molecule has 0 atom stereocenters. The number of rotatable bonds is 8. The monoisotopic (exact) mass is 439 g/mol. The van der Waals surface area contributed by atoms with Crippen molar-refractivity contribution in [3.63, 3.8) is 0 Å². The van der Waals surface area contributed by atoms with Crippen molar-refractivity contribution < 1.29 is 18.1 Å². The molecular formula is C22H21N3O5S. The molecule has 0 aliphatic rings. The van der Waals surface area contributed by atoms with E-state index in [-0.39, 0.29) is 5.69 Å². The molecular weight excluding hydrogens is 418 g/mol. The Balaban J connectivity index is 1.95. The van der Waals surface area contributed by atoms with Gasteiger partial charge < -0.3 is 5.32 Å². The number of sulfonamides is 1. The maximum atomic E-state index is 13.4. The first-order valence-corrected chi connectivity index (χ1v) is 11.0. The van der Waals surface area contributed by atoms with Crippen LogP contribution in [0.25, 0.3) is 0 Å². The van der Waals surface area contributed by atoms with Gasteiger partial charge in [-0.05, 0) is 42.3 Å². The van der Waals surface area contributed by atoms with Crippen LogP contribution >= 0.6 is 0 Å². The zero-order chi connectivity index (χ0) is 22.4. The number of hydrogen-bond acceptors (Lipinski definition) is 5. The third-order valence-electron chi connectivity index (χ3n) is 4.61. The first-order valence-electron chi connectivity index (χ1n) is 9.53. The summed E-state index contributed by atoms with van der Waals surface area (Å²) >= 11 is 0. The van der Waals surface area contributed by atoms with E-state index in [0.717, 1.165) is 28.4 Å². The zero-order valence-electron chi connectivity index (χ0n) is 16.8. The Labute approximate surface area is 180 Å². The van der Waals surface area contributed by atoms with Crippen molar-refractivity contribution in [2.75, 3.05) is 16.2 Å². The van der Waals surface area contributed by atoms with Crippen molar-refractivity contribution in [1.82, 2.24) is 0 Å². The first kappa shape index (κ1) is 22.0. The van der Waals surface area contributed by atoms with E-state index in [0.29, 0.717) is 5.69 Å². The average molecular weight is 439 g/mol. The van der Waals surface area contributed by atoms with Crippen molar-refractivity contribution in [2.45, 2.75) is 18.2 Å².